The van der Waals surface area contributed by atoms with Gasteiger partial charge in [0.2, 0.25) is 20.0 Å². The molecule has 0 heterocycles. The van der Waals surface area contributed by atoms with Gasteiger partial charge in [-0.15, -0.1) is 0 Å². The van der Waals surface area contributed by atoms with E-state index < -0.39 is 27.4 Å². The van der Waals surface area contributed by atoms with Crippen molar-refractivity contribution in [2.45, 2.75) is 9.79 Å². The van der Waals surface area contributed by atoms with Gasteiger partial charge in [0.25, 0.3) is 0 Å². The molecule has 0 bridgehead atoms. The minimum atomic E-state index is -3.56. The first-order valence-corrected chi connectivity index (χ1v) is 12.1. The molecule has 0 aromatic heterocycles. The molecule has 170 valence electrons. The zero-order chi connectivity index (χ0) is 23.2. The lowest BCUT2D eigenvalue weighted by Gasteiger charge is -2.17. The van der Waals surface area contributed by atoms with Gasteiger partial charge < -0.3 is 19.7 Å². The maximum Gasteiger partial charge on any atom is 0.788 e. The van der Waals surface area contributed by atoms with Crippen LogP contribution in [-0.4, -0.2) is 74.1 Å². The molecular formula is C18H26BN3O7S2. The van der Waals surface area contributed by atoms with E-state index in [2.05, 4.69) is 0 Å². The van der Waals surface area contributed by atoms with Gasteiger partial charge >= 0.3 is 7.32 Å². The summed E-state index contributed by atoms with van der Waals surface area (Å²) < 4.78 is 67.6. The Morgan fingerprint density at radius 2 is 1.10 bits per heavy atom. The lowest BCUT2D eigenvalue weighted by molar-refractivity contribution is 0.206. The van der Waals surface area contributed by atoms with Gasteiger partial charge in [0.1, 0.15) is 11.5 Å². The summed E-state index contributed by atoms with van der Waals surface area (Å²) in [6, 6.07) is 11.5. The van der Waals surface area contributed by atoms with E-state index in [4.69, 9.17) is 19.7 Å². The van der Waals surface area contributed by atoms with Crippen LogP contribution < -0.4 is 15.0 Å². The van der Waals surface area contributed by atoms with Crippen LogP contribution in [0.3, 0.4) is 0 Å². The molecule has 0 atom stereocenters. The average Bonchev–Trinajstić information content (AvgIpc) is 2.72. The van der Waals surface area contributed by atoms with Crippen LogP contribution in [0.25, 0.3) is 0 Å². The fraction of sp³-hybridized carbons (Fsp3) is 0.333. The molecule has 0 aliphatic carbocycles. The van der Waals surface area contributed by atoms with E-state index in [1.54, 1.807) is 0 Å². The molecule has 0 saturated heterocycles. The highest BCUT2D eigenvalue weighted by Gasteiger charge is 2.28. The fourth-order valence-corrected chi connectivity index (χ4v) is 4.08. The van der Waals surface area contributed by atoms with Crippen molar-refractivity contribution in [1.82, 2.24) is 8.61 Å². The summed E-state index contributed by atoms with van der Waals surface area (Å²) in [6.45, 7) is 0.369. The van der Waals surface area contributed by atoms with Gasteiger partial charge in [-0.1, -0.05) is 0 Å². The van der Waals surface area contributed by atoms with Crippen LogP contribution in [0.4, 0.5) is 0 Å². The molecule has 31 heavy (non-hydrogen) atoms. The van der Waals surface area contributed by atoms with Crippen LogP contribution in [-0.2, 0) is 24.7 Å². The number of sulfonamides is 2. The molecule has 0 fully saturated rings. The van der Waals surface area contributed by atoms with E-state index in [-0.39, 0.29) is 22.9 Å². The van der Waals surface area contributed by atoms with Gasteiger partial charge in [-0.25, -0.2) is 25.4 Å². The van der Waals surface area contributed by atoms with E-state index >= 15 is 0 Å². The normalized spacial score (nSPS) is 12.2. The predicted molar refractivity (Wildman–Crippen MR) is 117 cm³/mol. The minimum Gasteiger partial charge on any atom is -0.501 e. The molecule has 2 aromatic rings. The topological polar surface area (TPSA) is 128 Å². The highest BCUT2D eigenvalue weighted by atomic mass is 32.2. The third-order valence-corrected chi connectivity index (χ3v) is 7.70. The number of benzene rings is 2. The second kappa shape index (κ2) is 10.4. The van der Waals surface area contributed by atoms with E-state index in [9.17, 15) is 16.8 Å². The molecule has 0 aliphatic rings. The predicted octanol–water partition coefficient (Wildman–Crippen LogP) is 0.605. The van der Waals surface area contributed by atoms with Crippen LogP contribution >= 0.6 is 0 Å². The maximum absolute atomic E-state index is 12.2. The van der Waals surface area contributed by atoms with Gasteiger partial charge in [0.15, 0.2) is 0 Å². The van der Waals surface area contributed by atoms with Crippen molar-refractivity contribution in [3.05, 3.63) is 48.5 Å². The SMILES string of the molecule is CN(C)S(=O)(=O)c1ccc(OB(OCCN)Oc2ccc(S(=O)(=O)N(C)C)cc2)cc1. The number of hydrogen-bond acceptors (Lipinski definition) is 8. The third-order valence-electron chi connectivity index (χ3n) is 4.04. The van der Waals surface area contributed by atoms with Crippen molar-refractivity contribution in [3.8, 4) is 11.5 Å². The highest BCUT2D eigenvalue weighted by molar-refractivity contribution is 7.89. The highest BCUT2D eigenvalue weighted by Crippen LogP contribution is 2.21. The zero-order valence-corrected chi connectivity index (χ0v) is 19.4. The van der Waals surface area contributed by atoms with Crippen LogP contribution in [0, 0.1) is 0 Å². The Morgan fingerprint density at radius 3 is 1.39 bits per heavy atom. The van der Waals surface area contributed by atoms with Crippen molar-refractivity contribution in [3.63, 3.8) is 0 Å². The molecule has 0 spiro atoms. The summed E-state index contributed by atoms with van der Waals surface area (Å²) in [6.07, 6.45) is 0. The molecule has 2 aromatic carbocycles. The summed E-state index contributed by atoms with van der Waals surface area (Å²) in [5.41, 5.74) is 5.48. The summed E-state index contributed by atoms with van der Waals surface area (Å²) in [5.74, 6) is 0.623. The standard InChI is InChI=1S/C18H26BN3O7S2/c1-21(2)30(23,24)17-9-5-15(6-10-17)28-19(27-14-13-20)29-16-7-11-18(12-8-16)31(25,26)22(3)4/h5-12H,13-14,20H2,1-4H3. The number of rotatable bonds is 11. The van der Waals surface area contributed by atoms with Crippen LogP contribution in [0.5, 0.6) is 11.5 Å². The van der Waals surface area contributed by atoms with Gasteiger partial charge in [0.05, 0.1) is 9.79 Å². The largest absolute Gasteiger partial charge is 0.788 e. The molecule has 2 rings (SSSR count). The Labute approximate surface area is 183 Å². The van der Waals surface area contributed by atoms with Crippen molar-refractivity contribution in [1.29, 1.82) is 0 Å². The first kappa shape index (κ1) is 25.1. The van der Waals surface area contributed by atoms with Crippen molar-refractivity contribution in [2.75, 3.05) is 41.3 Å². The summed E-state index contributed by atoms with van der Waals surface area (Å²) in [4.78, 5) is 0.228. The summed E-state index contributed by atoms with van der Waals surface area (Å²) in [5, 5.41) is 0. The van der Waals surface area contributed by atoms with Gasteiger partial charge in [-0.2, -0.15) is 0 Å². The second-order valence-electron chi connectivity index (χ2n) is 6.70. The number of hydrogen-bond donors (Lipinski definition) is 1. The Kier molecular flexibility index (Phi) is 8.45. The van der Waals surface area contributed by atoms with Crippen molar-refractivity contribution >= 4 is 27.4 Å². The van der Waals surface area contributed by atoms with Gasteiger partial charge in [-0.05, 0) is 48.5 Å². The molecule has 0 saturated carbocycles. The minimum absolute atomic E-state index is 0.114. The third kappa shape index (κ3) is 6.42. The molecular weight excluding hydrogens is 445 g/mol. The quantitative estimate of drug-likeness (QED) is 0.472. The number of nitrogens with two attached hydrogens (primary N) is 1. The van der Waals surface area contributed by atoms with Crippen LogP contribution in [0.2, 0.25) is 0 Å². The molecule has 13 heteroatoms. The number of nitrogens with zero attached hydrogens (tertiary/aromatic N) is 2. The average molecular weight is 471 g/mol. The van der Waals surface area contributed by atoms with E-state index in [1.165, 1.54) is 76.7 Å². The summed E-state index contributed by atoms with van der Waals surface area (Å²) in [7, 11) is -2.53. The first-order chi connectivity index (χ1) is 14.5. The van der Waals surface area contributed by atoms with Crippen LogP contribution in [0.15, 0.2) is 58.3 Å². The molecule has 0 aliphatic heterocycles. The lowest BCUT2D eigenvalue weighted by Crippen LogP contribution is -2.35. The van der Waals surface area contributed by atoms with E-state index in [0.29, 0.717) is 11.5 Å². The van der Waals surface area contributed by atoms with E-state index in [1.807, 2.05) is 0 Å². The van der Waals surface area contributed by atoms with E-state index in [0.717, 1.165) is 8.61 Å². The molecule has 0 unspecified atom stereocenters. The molecule has 2 N–H and O–H groups in total. The zero-order valence-electron chi connectivity index (χ0n) is 17.8. The Hall–Kier alpha value is -2.16. The summed E-state index contributed by atoms with van der Waals surface area (Å²) >= 11 is 0. The molecule has 10 nitrogen and oxygen atoms in total. The van der Waals surface area contributed by atoms with Crippen molar-refractivity contribution < 1.29 is 30.8 Å². The Bertz CT molecular complexity index is 975. The lowest BCUT2D eigenvalue weighted by atomic mass is 10.2. The fourth-order valence-electron chi connectivity index (χ4n) is 2.28. The van der Waals surface area contributed by atoms with Gasteiger partial charge in [-0.3, -0.25) is 0 Å². The second-order valence-corrected chi connectivity index (χ2v) is 11.0. The van der Waals surface area contributed by atoms with Gasteiger partial charge in [0, 0.05) is 41.3 Å². The Balaban J connectivity index is 2.16. The van der Waals surface area contributed by atoms with Crippen LogP contribution in [0.1, 0.15) is 0 Å². The first-order valence-electron chi connectivity index (χ1n) is 9.18. The molecule has 0 amide bonds. The Morgan fingerprint density at radius 1 is 0.742 bits per heavy atom. The van der Waals surface area contributed by atoms with Crippen molar-refractivity contribution in [2.24, 2.45) is 5.73 Å². The maximum atomic E-state index is 12.2. The monoisotopic (exact) mass is 471 g/mol. The molecule has 0 radical (unpaired) electrons. The smallest absolute Gasteiger partial charge is 0.501 e.